The summed E-state index contributed by atoms with van der Waals surface area (Å²) in [5.74, 6) is 0.0877. The number of carbonyl (C=O) groups is 2. The van der Waals surface area contributed by atoms with E-state index in [1.165, 1.54) is 14.2 Å². The molecule has 2 atom stereocenters. The fourth-order valence-electron chi connectivity index (χ4n) is 4.71. The summed E-state index contributed by atoms with van der Waals surface area (Å²) in [6.45, 7) is 4.32. The van der Waals surface area contributed by atoms with Crippen LogP contribution in [0.4, 0.5) is 16.2 Å². The molecule has 1 saturated heterocycles. The molecular weight excluding hydrogens is 504 g/mol. The summed E-state index contributed by atoms with van der Waals surface area (Å²) >= 11 is 3.42. The van der Waals surface area contributed by atoms with Crippen LogP contribution in [-0.2, 0) is 10.5 Å². The molecule has 0 saturated carbocycles. The summed E-state index contributed by atoms with van der Waals surface area (Å²) < 4.78 is 11.4. The first-order valence-corrected chi connectivity index (χ1v) is 12.0. The van der Waals surface area contributed by atoms with Crippen LogP contribution in [0.5, 0.6) is 11.5 Å². The number of ether oxygens (including phenoxy) is 2. The summed E-state index contributed by atoms with van der Waals surface area (Å²) in [7, 11) is 2.96. The van der Waals surface area contributed by atoms with Gasteiger partial charge in [-0.05, 0) is 56.3 Å². The first-order chi connectivity index (χ1) is 16.3. The number of nitrogens with zero attached hydrogens (tertiary/aromatic N) is 2. The largest absolute Gasteiger partial charge is 0.497 e. The Morgan fingerprint density at radius 1 is 1.26 bits per heavy atom. The van der Waals surface area contributed by atoms with Gasteiger partial charge in [0.25, 0.3) is 11.6 Å². The van der Waals surface area contributed by atoms with Crippen LogP contribution in [0.25, 0.3) is 0 Å². The summed E-state index contributed by atoms with van der Waals surface area (Å²) in [6, 6.07) is 9.34. The van der Waals surface area contributed by atoms with Crippen LogP contribution in [0.3, 0.4) is 0 Å². The SMILES string of the molecule is CCN1CCC[C@H]1CNC(=O)[C@@]1(O)c2cc(Br)ccc2NC(=O)N1c1ccc(OC)cc1OC. The molecule has 2 heterocycles. The van der Waals surface area contributed by atoms with E-state index in [0.717, 1.165) is 30.8 Å². The van der Waals surface area contributed by atoms with Gasteiger partial charge in [0.1, 0.15) is 11.5 Å². The normalized spacial score (nSPS) is 22.2. The summed E-state index contributed by atoms with van der Waals surface area (Å²) in [5.41, 5.74) is -1.50. The zero-order chi connectivity index (χ0) is 24.5. The van der Waals surface area contributed by atoms with E-state index < -0.39 is 17.7 Å². The molecule has 34 heavy (non-hydrogen) atoms. The maximum Gasteiger partial charge on any atom is 0.329 e. The van der Waals surface area contributed by atoms with Gasteiger partial charge in [-0.3, -0.25) is 9.69 Å². The quantitative estimate of drug-likeness (QED) is 0.505. The van der Waals surface area contributed by atoms with E-state index in [4.69, 9.17) is 9.47 Å². The third-order valence-corrected chi connectivity index (χ3v) is 6.97. The number of hydrogen-bond acceptors (Lipinski definition) is 6. The Balaban J connectivity index is 1.78. The molecule has 1 fully saturated rings. The number of halogens is 1. The standard InChI is InChI=1S/C24H29BrN4O5/c1-4-28-11-5-6-16(28)14-26-22(30)24(32)18-12-15(25)7-9-19(18)27-23(31)29(24)20-10-8-17(33-2)13-21(20)34-3/h7-10,12-13,16,32H,4-6,11,14H2,1-3H3,(H,26,30)(H,27,31)/t16-,24-/m0/s1. The Bertz CT molecular complexity index is 1100. The van der Waals surface area contributed by atoms with Gasteiger partial charge >= 0.3 is 6.03 Å². The number of urea groups is 1. The Kier molecular flexibility index (Phi) is 7.01. The zero-order valence-electron chi connectivity index (χ0n) is 19.4. The predicted octanol–water partition coefficient (Wildman–Crippen LogP) is 3.26. The summed E-state index contributed by atoms with van der Waals surface area (Å²) in [5, 5.41) is 17.8. The molecule has 2 aliphatic rings. The third kappa shape index (κ3) is 4.21. The number of carbonyl (C=O) groups excluding carboxylic acids is 2. The number of benzene rings is 2. The molecule has 0 aliphatic carbocycles. The minimum absolute atomic E-state index is 0.181. The van der Waals surface area contributed by atoms with Crippen molar-refractivity contribution in [3.05, 3.63) is 46.4 Å². The number of anilines is 2. The molecule has 3 N–H and O–H groups in total. The average Bonchev–Trinajstić information content (AvgIpc) is 3.30. The Morgan fingerprint density at radius 2 is 2.06 bits per heavy atom. The first-order valence-electron chi connectivity index (χ1n) is 11.2. The monoisotopic (exact) mass is 532 g/mol. The van der Waals surface area contributed by atoms with Crippen molar-refractivity contribution in [1.82, 2.24) is 10.2 Å². The van der Waals surface area contributed by atoms with Gasteiger partial charge in [0.15, 0.2) is 0 Å². The molecule has 2 aromatic carbocycles. The number of amides is 3. The molecule has 3 amide bonds. The van der Waals surface area contributed by atoms with Crippen molar-refractivity contribution in [2.24, 2.45) is 0 Å². The predicted molar refractivity (Wildman–Crippen MR) is 132 cm³/mol. The minimum Gasteiger partial charge on any atom is -0.497 e. The number of likely N-dealkylation sites (N-methyl/N-ethyl adjacent to an activating group) is 1. The second-order valence-electron chi connectivity index (χ2n) is 8.30. The average molecular weight is 533 g/mol. The van der Waals surface area contributed by atoms with Gasteiger partial charge in [-0.2, -0.15) is 0 Å². The Hall–Kier alpha value is -2.82. The first kappa shape index (κ1) is 24.3. The molecule has 182 valence electrons. The molecule has 0 bridgehead atoms. The van der Waals surface area contributed by atoms with Gasteiger partial charge in [0, 0.05) is 28.7 Å². The van der Waals surface area contributed by atoms with Crippen LogP contribution in [0.1, 0.15) is 25.3 Å². The highest BCUT2D eigenvalue weighted by Gasteiger charge is 2.53. The van der Waals surface area contributed by atoms with E-state index in [2.05, 4.69) is 38.4 Å². The maximum absolute atomic E-state index is 13.7. The lowest BCUT2D eigenvalue weighted by Gasteiger charge is -2.43. The minimum atomic E-state index is -2.32. The number of fused-ring (bicyclic) bond motifs is 1. The van der Waals surface area contributed by atoms with E-state index in [-0.39, 0.29) is 23.0 Å². The van der Waals surface area contributed by atoms with Crippen molar-refractivity contribution in [3.8, 4) is 11.5 Å². The van der Waals surface area contributed by atoms with E-state index in [1.54, 1.807) is 36.4 Å². The zero-order valence-corrected chi connectivity index (χ0v) is 21.0. The van der Waals surface area contributed by atoms with Crippen molar-refractivity contribution in [2.75, 3.05) is 44.1 Å². The van der Waals surface area contributed by atoms with Crippen molar-refractivity contribution < 1.29 is 24.2 Å². The number of rotatable bonds is 7. The second-order valence-corrected chi connectivity index (χ2v) is 9.22. The molecule has 2 aliphatic heterocycles. The number of nitrogens with one attached hydrogen (secondary N) is 2. The van der Waals surface area contributed by atoms with Crippen molar-refractivity contribution in [1.29, 1.82) is 0 Å². The fourth-order valence-corrected chi connectivity index (χ4v) is 5.07. The number of methoxy groups -OCH3 is 2. The van der Waals surface area contributed by atoms with Crippen molar-refractivity contribution in [2.45, 2.75) is 31.5 Å². The molecule has 4 rings (SSSR count). The Morgan fingerprint density at radius 3 is 2.76 bits per heavy atom. The third-order valence-electron chi connectivity index (χ3n) is 6.47. The molecule has 2 aromatic rings. The van der Waals surface area contributed by atoms with Gasteiger partial charge in [-0.25, -0.2) is 9.69 Å². The van der Waals surface area contributed by atoms with Crippen LogP contribution in [0, 0.1) is 0 Å². The molecule has 0 radical (unpaired) electrons. The lowest BCUT2D eigenvalue weighted by Crippen LogP contribution is -2.63. The van der Waals surface area contributed by atoms with Crippen LogP contribution >= 0.6 is 15.9 Å². The number of hydrogen-bond donors (Lipinski definition) is 3. The molecule has 9 nitrogen and oxygen atoms in total. The highest BCUT2D eigenvalue weighted by molar-refractivity contribution is 9.10. The van der Waals surface area contributed by atoms with E-state index in [0.29, 0.717) is 22.5 Å². The van der Waals surface area contributed by atoms with E-state index >= 15 is 0 Å². The van der Waals surface area contributed by atoms with Gasteiger partial charge in [0.2, 0.25) is 0 Å². The van der Waals surface area contributed by atoms with Gasteiger partial charge < -0.3 is 25.2 Å². The van der Waals surface area contributed by atoms with Crippen LogP contribution in [0.2, 0.25) is 0 Å². The summed E-state index contributed by atoms with van der Waals surface area (Å²) in [4.78, 5) is 30.4. The molecule has 0 spiro atoms. The van der Waals surface area contributed by atoms with Gasteiger partial charge in [-0.1, -0.05) is 22.9 Å². The topological polar surface area (TPSA) is 103 Å². The Labute approximate surface area is 207 Å². The maximum atomic E-state index is 13.7. The fraction of sp³-hybridized carbons (Fsp3) is 0.417. The molecular formula is C24H29BrN4O5. The number of likely N-dealkylation sites (tertiary alicyclic amines) is 1. The van der Waals surface area contributed by atoms with Crippen molar-refractivity contribution >= 4 is 39.2 Å². The lowest BCUT2D eigenvalue weighted by atomic mass is 9.94. The highest BCUT2D eigenvalue weighted by atomic mass is 79.9. The van der Waals surface area contributed by atoms with E-state index in [1.807, 2.05) is 0 Å². The lowest BCUT2D eigenvalue weighted by molar-refractivity contribution is -0.140. The molecule has 0 unspecified atom stereocenters. The van der Waals surface area contributed by atoms with Crippen molar-refractivity contribution in [3.63, 3.8) is 0 Å². The van der Waals surface area contributed by atoms with E-state index in [9.17, 15) is 14.7 Å². The van der Waals surface area contributed by atoms with Gasteiger partial charge in [-0.15, -0.1) is 0 Å². The molecule has 0 aromatic heterocycles. The van der Waals surface area contributed by atoms with Crippen LogP contribution < -0.4 is 25.0 Å². The number of aliphatic hydroxyl groups is 1. The second kappa shape index (κ2) is 9.81. The smallest absolute Gasteiger partial charge is 0.329 e. The summed E-state index contributed by atoms with van der Waals surface area (Å²) in [6.07, 6.45) is 2.02. The highest BCUT2D eigenvalue weighted by Crippen LogP contribution is 2.44. The van der Waals surface area contributed by atoms with Gasteiger partial charge in [0.05, 0.1) is 25.6 Å². The molecule has 10 heteroatoms. The van der Waals surface area contributed by atoms with Crippen LogP contribution in [-0.4, -0.2) is 61.8 Å². The van der Waals surface area contributed by atoms with Crippen LogP contribution in [0.15, 0.2) is 40.9 Å².